The maximum Gasteiger partial charge on any atom is 0.0878 e. The fourth-order valence-electron chi connectivity index (χ4n) is 2.79. The summed E-state index contributed by atoms with van der Waals surface area (Å²) in [5.41, 5.74) is 6.17. The van der Waals surface area contributed by atoms with E-state index in [0.29, 0.717) is 0 Å². The van der Waals surface area contributed by atoms with Gasteiger partial charge in [0.05, 0.1) is 17.4 Å². The van der Waals surface area contributed by atoms with E-state index in [1.165, 1.54) is 10.8 Å². The van der Waals surface area contributed by atoms with Gasteiger partial charge < -0.3 is 0 Å². The number of hydrogen-bond acceptors (Lipinski definition) is 3. The van der Waals surface area contributed by atoms with Crippen LogP contribution in [0.1, 0.15) is 29.9 Å². The van der Waals surface area contributed by atoms with Gasteiger partial charge in [-0.15, -0.1) is 0 Å². The number of nitrogens with two attached hydrogens (primary N) is 1. The van der Waals surface area contributed by atoms with E-state index in [0.717, 1.165) is 23.5 Å². The molecule has 1 aromatic heterocycles. The van der Waals surface area contributed by atoms with E-state index in [1.807, 2.05) is 11.6 Å². The Morgan fingerprint density at radius 1 is 1.14 bits per heavy atom. The van der Waals surface area contributed by atoms with E-state index in [2.05, 4.69) is 66.0 Å². The largest absolute Gasteiger partial charge is 0.271 e. The van der Waals surface area contributed by atoms with Gasteiger partial charge in [0.2, 0.25) is 0 Å². The molecule has 3 N–H and O–H groups in total. The summed E-state index contributed by atoms with van der Waals surface area (Å²) in [7, 11) is 0. The molecule has 1 atom stereocenters. The summed E-state index contributed by atoms with van der Waals surface area (Å²) in [5, 5.41) is 6.96. The Morgan fingerprint density at radius 2 is 1.90 bits per heavy atom. The SMILES string of the molecule is CCn1nc(C)cc1C(NN)c1ccc2ccccc2c1. The van der Waals surface area contributed by atoms with Crippen molar-refractivity contribution in [1.82, 2.24) is 15.2 Å². The minimum Gasteiger partial charge on any atom is -0.271 e. The van der Waals surface area contributed by atoms with Crippen molar-refractivity contribution in [1.29, 1.82) is 0 Å². The van der Waals surface area contributed by atoms with E-state index in [1.54, 1.807) is 0 Å². The normalized spacial score (nSPS) is 12.7. The summed E-state index contributed by atoms with van der Waals surface area (Å²) >= 11 is 0. The molecule has 4 heteroatoms. The lowest BCUT2D eigenvalue weighted by Gasteiger charge is -2.18. The van der Waals surface area contributed by atoms with Crippen molar-refractivity contribution in [2.75, 3.05) is 0 Å². The molecule has 0 saturated carbocycles. The van der Waals surface area contributed by atoms with Crippen LogP contribution >= 0.6 is 0 Å². The van der Waals surface area contributed by atoms with Crippen LogP contribution in [0.15, 0.2) is 48.5 Å². The molecule has 0 radical (unpaired) electrons. The van der Waals surface area contributed by atoms with Gasteiger partial charge in [0.25, 0.3) is 0 Å². The van der Waals surface area contributed by atoms with E-state index in [-0.39, 0.29) is 6.04 Å². The summed E-state index contributed by atoms with van der Waals surface area (Å²) in [6.07, 6.45) is 0. The second kappa shape index (κ2) is 5.68. The molecule has 108 valence electrons. The average molecular weight is 280 g/mol. The van der Waals surface area contributed by atoms with Crippen LogP contribution in [0.25, 0.3) is 10.8 Å². The van der Waals surface area contributed by atoms with Crippen LogP contribution in [0.3, 0.4) is 0 Å². The monoisotopic (exact) mass is 280 g/mol. The van der Waals surface area contributed by atoms with Gasteiger partial charge >= 0.3 is 0 Å². The maximum atomic E-state index is 5.82. The second-order valence-electron chi connectivity index (χ2n) is 5.23. The predicted octanol–water partition coefficient (Wildman–Crippen LogP) is 2.92. The molecule has 1 unspecified atom stereocenters. The van der Waals surface area contributed by atoms with Crippen molar-refractivity contribution in [2.45, 2.75) is 26.4 Å². The number of hydrogen-bond donors (Lipinski definition) is 2. The van der Waals surface area contributed by atoms with Crippen LogP contribution in [0.5, 0.6) is 0 Å². The number of aromatic nitrogens is 2. The lowest BCUT2D eigenvalue weighted by Crippen LogP contribution is -2.30. The van der Waals surface area contributed by atoms with Gasteiger partial charge in [-0.1, -0.05) is 36.4 Å². The zero-order chi connectivity index (χ0) is 14.8. The smallest absolute Gasteiger partial charge is 0.0878 e. The van der Waals surface area contributed by atoms with Crippen molar-refractivity contribution in [3.8, 4) is 0 Å². The molecule has 4 nitrogen and oxygen atoms in total. The molecule has 2 aromatic carbocycles. The number of nitrogens with zero attached hydrogens (tertiary/aromatic N) is 2. The second-order valence-corrected chi connectivity index (χ2v) is 5.23. The summed E-state index contributed by atoms with van der Waals surface area (Å²) in [6.45, 7) is 4.92. The molecular weight excluding hydrogens is 260 g/mol. The lowest BCUT2D eigenvalue weighted by atomic mass is 10.00. The number of aryl methyl sites for hydroxylation is 2. The van der Waals surface area contributed by atoms with Crippen LogP contribution in [-0.4, -0.2) is 9.78 Å². The van der Waals surface area contributed by atoms with Gasteiger partial charge in [-0.25, -0.2) is 5.43 Å². The van der Waals surface area contributed by atoms with Crippen LogP contribution in [-0.2, 0) is 6.54 Å². The highest BCUT2D eigenvalue weighted by Gasteiger charge is 2.18. The van der Waals surface area contributed by atoms with Crippen molar-refractivity contribution >= 4 is 10.8 Å². The molecule has 0 bridgehead atoms. The molecule has 0 aliphatic heterocycles. The Bertz CT molecular complexity index is 760. The van der Waals surface area contributed by atoms with Crippen molar-refractivity contribution in [3.63, 3.8) is 0 Å². The third-order valence-electron chi connectivity index (χ3n) is 3.80. The van der Waals surface area contributed by atoms with Crippen LogP contribution in [0, 0.1) is 6.92 Å². The molecular formula is C17H20N4. The fourth-order valence-corrected chi connectivity index (χ4v) is 2.79. The van der Waals surface area contributed by atoms with Crippen LogP contribution < -0.4 is 11.3 Å². The van der Waals surface area contributed by atoms with E-state index < -0.39 is 0 Å². The van der Waals surface area contributed by atoms with E-state index in [9.17, 15) is 0 Å². The van der Waals surface area contributed by atoms with Gasteiger partial charge in [-0.05, 0) is 42.3 Å². The average Bonchev–Trinajstić information content (AvgIpc) is 2.89. The first-order valence-corrected chi connectivity index (χ1v) is 7.22. The Balaban J connectivity index is 2.08. The number of hydrazine groups is 1. The number of benzene rings is 2. The van der Waals surface area contributed by atoms with Crippen molar-refractivity contribution in [3.05, 3.63) is 65.5 Å². The summed E-state index contributed by atoms with van der Waals surface area (Å²) < 4.78 is 2.00. The molecule has 3 aromatic rings. The zero-order valence-electron chi connectivity index (χ0n) is 12.4. The first-order valence-electron chi connectivity index (χ1n) is 7.22. The van der Waals surface area contributed by atoms with Gasteiger partial charge in [-0.3, -0.25) is 10.5 Å². The lowest BCUT2D eigenvalue weighted by molar-refractivity contribution is 0.542. The highest BCUT2D eigenvalue weighted by atomic mass is 15.3. The Hall–Kier alpha value is -2.17. The molecule has 0 aliphatic rings. The summed E-state index contributed by atoms with van der Waals surface area (Å²) in [4.78, 5) is 0. The molecule has 0 aliphatic carbocycles. The Kier molecular flexibility index (Phi) is 3.73. The minimum atomic E-state index is -0.0595. The molecule has 1 heterocycles. The first kappa shape index (κ1) is 13.8. The number of fused-ring (bicyclic) bond motifs is 1. The Morgan fingerprint density at radius 3 is 2.62 bits per heavy atom. The van der Waals surface area contributed by atoms with Gasteiger partial charge in [-0.2, -0.15) is 5.10 Å². The molecule has 3 rings (SSSR count). The van der Waals surface area contributed by atoms with Crippen molar-refractivity contribution < 1.29 is 0 Å². The topological polar surface area (TPSA) is 55.9 Å². The highest BCUT2D eigenvalue weighted by Crippen LogP contribution is 2.25. The van der Waals surface area contributed by atoms with Gasteiger partial charge in [0.1, 0.15) is 0 Å². The van der Waals surface area contributed by atoms with Gasteiger partial charge in [0.15, 0.2) is 0 Å². The molecule has 0 fully saturated rings. The van der Waals surface area contributed by atoms with E-state index in [4.69, 9.17) is 5.84 Å². The third kappa shape index (κ3) is 2.55. The van der Waals surface area contributed by atoms with E-state index >= 15 is 0 Å². The van der Waals surface area contributed by atoms with Crippen LogP contribution in [0.4, 0.5) is 0 Å². The summed E-state index contributed by atoms with van der Waals surface area (Å²) in [5.74, 6) is 5.82. The third-order valence-corrected chi connectivity index (χ3v) is 3.80. The highest BCUT2D eigenvalue weighted by molar-refractivity contribution is 5.83. The Labute approximate surface area is 124 Å². The zero-order valence-corrected chi connectivity index (χ0v) is 12.4. The summed E-state index contributed by atoms with van der Waals surface area (Å²) in [6, 6.07) is 16.8. The standard InChI is InChI=1S/C17H20N4/c1-3-21-16(10-12(2)20-21)17(19-18)15-9-8-13-6-4-5-7-14(13)11-15/h4-11,17,19H,3,18H2,1-2H3. The van der Waals surface area contributed by atoms with Crippen molar-refractivity contribution in [2.24, 2.45) is 5.84 Å². The molecule has 0 amide bonds. The van der Waals surface area contributed by atoms with Crippen LogP contribution in [0.2, 0.25) is 0 Å². The number of nitrogens with one attached hydrogen (secondary N) is 1. The minimum absolute atomic E-state index is 0.0595. The molecule has 21 heavy (non-hydrogen) atoms. The molecule has 0 spiro atoms. The maximum absolute atomic E-state index is 5.82. The first-order chi connectivity index (χ1) is 10.2. The molecule has 0 saturated heterocycles. The fraction of sp³-hybridized carbons (Fsp3) is 0.235. The number of rotatable bonds is 4. The quantitative estimate of drug-likeness (QED) is 0.570. The predicted molar refractivity (Wildman–Crippen MR) is 85.8 cm³/mol. The van der Waals surface area contributed by atoms with Gasteiger partial charge in [0, 0.05) is 6.54 Å².